The van der Waals surface area contributed by atoms with Gasteiger partial charge in [0.15, 0.2) is 18.4 Å². The van der Waals surface area contributed by atoms with Crippen molar-refractivity contribution in [3.05, 3.63) is 0 Å². The van der Waals surface area contributed by atoms with Gasteiger partial charge in [0.25, 0.3) is 0 Å². The lowest BCUT2D eigenvalue weighted by Gasteiger charge is -2.46. The number of hydrogen-bond acceptors (Lipinski definition) is 9. The zero-order chi connectivity index (χ0) is 20.9. The van der Waals surface area contributed by atoms with E-state index in [1.807, 2.05) is 0 Å². The molecule has 1 aliphatic rings. The van der Waals surface area contributed by atoms with Crippen LogP contribution in [0.1, 0.15) is 27.7 Å². The van der Waals surface area contributed by atoms with Crippen molar-refractivity contribution in [2.75, 3.05) is 13.2 Å². The van der Waals surface area contributed by atoms with Crippen LogP contribution in [0.25, 0.3) is 0 Å². The van der Waals surface area contributed by atoms with Gasteiger partial charge in [-0.2, -0.15) is 4.39 Å². The summed E-state index contributed by atoms with van der Waals surface area (Å²) in [5.41, 5.74) is 5.72. The quantitative estimate of drug-likeness (QED) is 0.441. The molecule has 0 aromatic carbocycles. The molecule has 1 fully saturated rings. The Morgan fingerprint density at radius 3 is 2.26 bits per heavy atom. The van der Waals surface area contributed by atoms with Crippen LogP contribution < -0.4 is 5.73 Å². The van der Waals surface area contributed by atoms with Crippen LogP contribution >= 0.6 is 0 Å². The first kappa shape index (κ1) is 23.2. The second-order valence-electron chi connectivity index (χ2n) is 6.19. The van der Waals surface area contributed by atoms with Crippen molar-refractivity contribution in [2.45, 2.75) is 64.1 Å². The van der Waals surface area contributed by atoms with E-state index in [-0.39, 0.29) is 6.61 Å². The van der Waals surface area contributed by atoms with Crippen molar-refractivity contribution in [2.24, 2.45) is 11.7 Å². The lowest BCUT2D eigenvalue weighted by atomic mass is 9.82. The Morgan fingerprint density at radius 1 is 1.26 bits per heavy atom. The zero-order valence-electron chi connectivity index (χ0n) is 15.5. The maximum Gasteiger partial charge on any atom is 0.375 e. The van der Waals surface area contributed by atoms with Gasteiger partial charge in [-0.15, -0.1) is 0 Å². The largest absolute Gasteiger partial charge is 0.462 e. The minimum Gasteiger partial charge on any atom is -0.462 e. The Balaban J connectivity index is 3.30. The maximum absolute atomic E-state index is 15.1. The number of rotatable bonds is 7. The van der Waals surface area contributed by atoms with E-state index in [0.717, 1.165) is 13.8 Å². The highest BCUT2D eigenvalue weighted by molar-refractivity contribution is 5.79. The summed E-state index contributed by atoms with van der Waals surface area (Å²) in [5.74, 6) is -7.84. The molecule has 7 atom stereocenters. The lowest BCUT2D eigenvalue weighted by Crippen LogP contribution is -2.67. The molecule has 0 bridgehead atoms. The Kier molecular flexibility index (Phi) is 8.05. The summed E-state index contributed by atoms with van der Waals surface area (Å²) in [4.78, 5) is 34.6. The number of alkyl halides is 2. The van der Waals surface area contributed by atoms with E-state index in [1.54, 1.807) is 0 Å². The second kappa shape index (κ2) is 9.38. The normalized spacial score (nSPS) is 32.9. The fraction of sp³-hybridized carbons (Fsp3) is 0.812. The molecule has 1 rings (SSSR count). The third-order valence-electron chi connectivity index (χ3n) is 4.17. The standard InChI is InChI=1S/C16H25F2NO8/c1-5-24-15(23)16(18)14(17)11(19)7(2)12(27-16)13(26-9(4)22)10(6-20)25-8(3)21/h7,10-14,20H,5-6,19H2,1-4H3/t7?,10-,11?,12?,13-,14?,16?/m1/s1. The molecule has 0 amide bonds. The first-order valence-electron chi connectivity index (χ1n) is 8.38. The van der Waals surface area contributed by atoms with E-state index >= 15 is 4.39 Å². The second-order valence-corrected chi connectivity index (χ2v) is 6.19. The summed E-state index contributed by atoms with van der Waals surface area (Å²) in [6.07, 6.45) is -7.06. The van der Waals surface area contributed by atoms with E-state index < -0.39 is 66.8 Å². The fourth-order valence-electron chi connectivity index (χ4n) is 2.83. The minimum atomic E-state index is -3.55. The van der Waals surface area contributed by atoms with Crippen LogP contribution in [-0.2, 0) is 33.3 Å². The zero-order valence-corrected chi connectivity index (χ0v) is 15.5. The van der Waals surface area contributed by atoms with Crippen molar-refractivity contribution in [1.29, 1.82) is 0 Å². The number of nitrogens with two attached hydrogens (primary N) is 1. The Hall–Kier alpha value is -1.85. The molecule has 156 valence electrons. The minimum absolute atomic E-state index is 0.240. The summed E-state index contributed by atoms with van der Waals surface area (Å²) >= 11 is 0. The molecule has 1 aliphatic heterocycles. The molecule has 0 saturated carbocycles. The molecule has 5 unspecified atom stereocenters. The molecule has 0 aromatic rings. The van der Waals surface area contributed by atoms with Gasteiger partial charge >= 0.3 is 23.8 Å². The summed E-state index contributed by atoms with van der Waals surface area (Å²) in [6.45, 7) is 3.79. The van der Waals surface area contributed by atoms with Crippen molar-refractivity contribution >= 4 is 17.9 Å². The molecular formula is C16H25F2NO8. The number of halogens is 2. The van der Waals surface area contributed by atoms with Crippen molar-refractivity contribution in [1.82, 2.24) is 0 Å². The smallest absolute Gasteiger partial charge is 0.375 e. The number of hydrogen-bond donors (Lipinski definition) is 2. The molecule has 0 aliphatic carbocycles. The van der Waals surface area contributed by atoms with E-state index in [1.165, 1.54) is 13.8 Å². The average Bonchev–Trinajstić information content (AvgIpc) is 2.59. The number of carbonyl (C=O) groups excluding carboxylic acids is 3. The van der Waals surface area contributed by atoms with E-state index in [9.17, 15) is 23.9 Å². The molecule has 0 spiro atoms. The lowest BCUT2D eigenvalue weighted by molar-refractivity contribution is -0.287. The summed E-state index contributed by atoms with van der Waals surface area (Å²) in [7, 11) is 0. The third kappa shape index (κ3) is 5.11. The highest BCUT2D eigenvalue weighted by atomic mass is 19.2. The summed E-state index contributed by atoms with van der Waals surface area (Å²) < 4.78 is 49.0. The summed E-state index contributed by atoms with van der Waals surface area (Å²) in [6, 6.07) is -1.53. The van der Waals surface area contributed by atoms with Crippen LogP contribution in [0.2, 0.25) is 0 Å². The molecule has 3 N–H and O–H groups in total. The van der Waals surface area contributed by atoms with Gasteiger partial charge in [0.1, 0.15) is 6.10 Å². The molecule has 9 nitrogen and oxygen atoms in total. The van der Waals surface area contributed by atoms with Gasteiger partial charge in [0, 0.05) is 25.8 Å². The predicted molar refractivity (Wildman–Crippen MR) is 85.6 cm³/mol. The number of aliphatic hydroxyl groups excluding tert-OH is 1. The maximum atomic E-state index is 15.1. The van der Waals surface area contributed by atoms with Crippen LogP contribution in [0, 0.1) is 5.92 Å². The van der Waals surface area contributed by atoms with Crippen LogP contribution in [0.15, 0.2) is 0 Å². The molecule has 11 heteroatoms. The Bertz CT molecular complexity index is 563. The molecule has 0 radical (unpaired) electrons. The van der Waals surface area contributed by atoms with Gasteiger partial charge in [0.05, 0.1) is 13.2 Å². The molecule has 0 aromatic heterocycles. The molecule has 1 heterocycles. The fourth-order valence-corrected chi connectivity index (χ4v) is 2.83. The first-order chi connectivity index (χ1) is 12.5. The Labute approximate surface area is 155 Å². The number of aliphatic hydroxyl groups is 1. The molecule has 27 heavy (non-hydrogen) atoms. The predicted octanol–water partition coefficient (Wildman–Crippen LogP) is -0.229. The van der Waals surface area contributed by atoms with Crippen LogP contribution in [-0.4, -0.2) is 72.6 Å². The topological polar surface area (TPSA) is 134 Å². The van der Waals surface area contributed by atoms with Crippen LogP contribution in [0.4, 0.5) is 8.78 Å². The SMILES string of the molecule is CCOC(=O)C1(F)OC([C@H](OC(C)=O)[C@@H](CO)OC(C)=O)C(C)C(N)C1F. The van der Waals surface area contributed by atoms with Crippen molar-refractivity contribution in [3.8, 4) is 0 Å². The molecular weight excluding hydrogens is 372 g/mol. The van der Waals surface area contributed by atoms with Crippen LogP contribution in [0.3, 0.4) is 0 Å². The van der Waals surface area contributed by atoms with Crippen molar-refractivity contribution in [3.63, 3.8) is 0 Å². The van der Waals surface area contributed by atoms with Crippen molar-refractivity contribution < 1.29 is 47.2 Å². The van der Waals surface area contributed by atoms with E-state index in [0.29, 0.717) is 0 Å². The van der Waals surface area contributed by atoms with Gasteiger partial charge in [0.2, 0.25) is 0 Å². The molecule has 1 saturated heterocycles. The number of carbonyl (C=O) groups is 3. The van der Waals surface area contributed by atoms with Gasteiger partial charge < -0.3 is 29.8 Å². The van der Waals surface area contributed by atoms with Gasteiger partial charge in [-0.1, -0.05) is 6.92 Å². The number of esters is 3. The summed E-state index contributed by atoms with van der Waals surface area (Å²) in [5, 5.41) is 9.50. The average molecular weight is 397 g/mol. The van der Waals surface area contributed by atoms with Gasteiger partial charge in [-0.3, -0.25) is 9.59 Å². The van der Waals surface area contributed by atoms with E-state index in [4.69, 9.17) is 19.9 Å². The van der Waals surface area contributed by atoms with E-state index in [2.05, 4.69) is 4.74 Å². The van der Waals surface area contributed by atoms with Gasteiger partial charge in [-0.05, 0) is 6.92 Å². The third-order valence-corrected chi connectivity index (χ3v) is 4.17. The Morgan fingerprint density at radius 2 is 1.81 bits per heavy atom. The number of ether oxygens (including phenoxy) is 4. The monoisotopic (exact) mass is 397 g/mol. The highest BCUT2D eigenvalue weighted by Crippen LogP contribution is 2.39. The first-order valence-corrected chi connectivity index (χ1v) is 8.38. The van der Waals surface area contributed by atoms with Gasteiger partial charge in [-0.25, -0.2) is 9.18 Å². The van der Waals surface area contributed by atoms with Crippen LogP contribution in [0.5, 0.6) is 0 Å². The highest BCUT2D eigenvalue weighted by Gasteiger charge is 2.62.